The van der Waals surface area contributed by atoms with Crippen molar-refractivity contribution >= 4 is 17.2 Å². The number of hydrogen-bond donors (Lipinski definition) is 2. The lowest BCUT2D eigenvalue weighted by Crippen LogP contribution is -2.32. The van der Waals surface area contributed by atoms with Crippen molar-refractivity contribution in [3.05, 3.63) is 58.3 Å². The van der Waals surface area contributed by atoms with E-state index in [0.29, 0.717) is 19.5 Å². The van der Waals surface area contributed by atoms with Gasteiger partial charge < -0.3 is 15.3 Å². The fourth-order valence-electron chi connectivity index (χ4n) is 2.93. The van der Waals surface area contributed by atoms with E-state index in [4.69, 9.17) is 0 Å². The third-order valence-corrected chi connectivity index (χ3v) is 5.11. The minimum Gasteiger partial charge on any atom is -0.392 e. The molecule has 1 aliphatic rings. The molecule has 2 aromatic rings. The number of likely N-dealkylation sites (tertiary alicyclic amines) is 1. The first-order valence-electron chi connectivity index (χ1n) is 8.00. The summed E-state index contributed by atoms with van der Waals surface area (Å²) in [7, 11) is 0. The van der Waals surface area contributed by atoms with E-state index in [0.717, 1.165) is 23.4 Å². The molecule has 23 heavy (non-hydrogen) atoms. The average Bonchev–Trinajstić information content (AvgIpc) is 3.23. The van der Waals surface area contributed by atoms with Crippen molar-refractivity contribution < 1.29 is 9.90 Å². The first-order chi connectivity index (χ1) is 11.2. The topological polar surface area (TPSA) is 52.6 Å². The molecule has 0 bridgehead atoms. The van der Waals surface area contributed by atoms with E-state index in [1.54, 1.807) is 11.3 Å². The average molecular weight is 330 g/mol. The molecule has 0 aliphatic carbocycles. The van der Waals surface area contributed by atoms with Crippen LogP contribution >= 0.6 is 11.3 Å². The summed E-state index contributed by atoms with van der Waals surface area (Å²) in [6, 6.07) is 14.0. The number of rotatable bonds is 6. The summed E-state index contributed by atoms with van der Waals surface area (Å²) in [5.74, 6) is 0.0497. The lowest BCUT2D eigenvalue weighted by atomic mass is 10.1. The second-order valence-electron chi connectivity index (χ2n) is 5.92. The van der Waals surface area contributed by atoms with Crippen molar-refractivity contribution in [2.24, 2.45) is 0 Å². The van der Waals surface area contributed by atoms with Gasteiger partial charge in [0.05, 0.1) is 12.1 Å². The molecule has 2 heterocycles. The van der Waals surface area contributed by atoms with Crippen molar-refractivity contribution in [3.8, 4) is 0 Å². The molecule has 5 heteroatoms. The fourth-order valence-corrected chi connectivity index (χ4v) is 3.73. The zero-order chi connectivity index (χ0) is 16.1. The highest BCUT2D eigenvalue weighted by atomic mass is 32.1. The molecular weight excluding hydrogens is 308 g/mol. The first-order valence-corrected chi connectivity index (χ1v) is 8.88. The molecule has 4 nitrogen and oxygen atoms in total. The Labute approximate surface area is 140 Å². The highest BCUT2D eigenvalue weighted by Gasteiger charge is 2.22. The van der Waals surface area contributed by atoms with Gasteiger partial charge in [0.2, 0.25) is 5.91 Å². The lowest BCUT2D eigenvalue weighted by Gasteiger charge is -2.19. The molecule has 1 fully saturated rings. The second kappa shape index (κ2) is 7.73. The van der Waals surface area contributed by atoms with Crippen LogP contribution in [0.15, 0.2) is 47.8 Å². The first kappa shape index (κ1) is 16.2. The molecule has 0 spiro atoms. The van der Waals surface area contributed by atoms with Crippen LogP contribution in [0.2, 0.25) is 0 Å². The van der Waals surface area contributed by atoms with E-state index in [2.05, 4.69) is 16.3 Å². The molecule has 0 radical (unpaired) electrons. The molecule has 2 atom stereocenters. The third kappa shape index (κ3) is 4.41. The van der Waals surface area contributed by atoms with Gasteiger partial charge >= 0.3 is 0 Å². The van der Waals surface area contributed by atoms with E-state index in [-0.39, 0.29) is 18.1 Å². The predicted molar refractivity (Wildman–Crippen MR) is 92.4 cm³/mol. The van der Waals surface area contributed by atoms with Crippen molar-refractivity contribution in [1.29, 1.82) is 0 Å². The molecule has 1 amide bonds. The van der Waals surface area contributed by atoms with Crippen molar-refractivity contribution in [1.82, 2.24) is 10.2 Å². The number of benzene rings is 1. The third-order valence-electron chi connectivity index (χ3n) is 4.17. The summed E-state index contributed by atoms with van der Waals surface area (Å²) in [4.78, 5) is 15.7. The summed E-state index contributed by atoms with van der Waals surface area (Å²) >= 11 is 1.65. The molecule has 0 saturated carbocycles. The second-order valence-corrected chi connectivity index (χ2v) is 6.90. The molecule has 1 aliphatic heterocycles. The summed E-state index contributed by atoms with van der Waals surface area (Å²) in [5.41, 5.74) is 1.10. The Kier molecular flexibility index (Phi) is 5.43. The number of nitrogens with one attached hydrogen (secondary N) is 1. The highest BCUT2D eigenvalue weighted by molar-refractivity contribution is 7.10. The van der Waals surface area contributed by atoms with Gasteiger partial charge in [-0.25, -0.2) is 0 Å². The van der Waals surface area contributed by atoms with Crippen LogP contribution in [0.1, 0.15) is 29.3 Å². The maximum absolute atomic E-state index is 12.4. The number of β-amino-alcohol motifs (C(OH)–C–C–N with tert-alkyl or cyclic N) is 1. The summed E-state index contributed by atoms with van der Waals surface area (Å²) in [6.45, 7) is 2.26. The highest BCUT2D eigenvalue weighted by Crippen LogP contribution is 2.26. The van der Waals surface area contributed by atoms with Gasteiger partial charge in [-0.1, -0.05) is 36.4 Å². The summed E-state index contributed by atoms with van der Waals surface area (Å²) in [6.07, 6.45) is 1.03. The number of carbonyl (C=O) groups is 1. The number of carbonyl (C=O) groups excluding carboxylic acids is 1. The summed E-state index contributed by atoms with van der Waals surface area (Å²) in [5, 5.41) is 14.7. The van der Waals surface area contributed by atoms with E-state index in [9.17, 15) is 9.90 Å². The normalized spacial score (nSPS) is 19.6. The number of aliphatic hydroxyl groups is 1. The SMILES string of the molecule is O=C(CCN1CCC(O)C1)NC(c1ccccc1)c1cccs1. The minimum absolute atomic E-state index is 0.0497. The van der Waals surface area contributed by atoms with Crippen LogP contribution in [0.4, 0.5) is 0 Å². The molecule has 1 saturated heterocycles. The van der Waals surface area contributed by atoms with Crippen LogP contribution in [0, 0.1) is 0 Å². The predicted octanol–water partition coefficient (Wildman–Crippen LogP) is 2.41. The van der Waals surface area contributed by atoms with Gasteiger partial charge in [0.15, 0.2) is 0 Å². The van der Waals surface area contributed by atoms with Crippen molar-refractivity contribution in [2.45, 2.75) is 25.0 Å². The standard InChI is InChI=1S/C18H22N2O2S/c21-15-8-10-20(13-15)11-9-17(22)19-18(16-7-4-12-23-16)14-5-2-1-3-6-14/h1-7,12,15,18,21H,8-11,13H2,(H,19,22). The molecule has 2 unspecified atom stereocenters. The van der Waals surface area contributed by atoms with Crippen LogP contribution < -0.4 is 5.32 Å². The Balaban J connectivity index is 1.61. The lowest BCUT2D eigenvalue weighted by molar-refractivity contribution is -0.121. The number of thiophene rings is 1. The monoisotopic (exact) mass is 330 g/mol. The van der Waals surface area contributed by atoms with E-state index < -0.39 is 0 Å². The van der Waals surface area contributed by atoms with Gasteiger partial charge in [0.25, 0.3) is 0 Å². The van der Waals surface area contributed by atoms with Crippen LogP contribution in [-0.4, -0.2) is 41.7 Å². The van der Waals surface area contributed by atoms with Gasteiger partial charge in [-0.2, -0.15) is 0 Å². The minimum atomic E-state index is -0.235. The Hall–Kier alpha value is -1.69. The Bertz CT molecular complexity index is 615. The number of amides is 1. The Morgan fingerprint density at radius 3 is 2.78 bits per heavy atom. The molecule has 1 aromatic carbocycles. The Morgan fingerprint density at radius 1 is 1.30 bits per heavy atom. The van der Waals surface area contributed by atoms with Crippen molar-refractivity contribution in [3.63, 3.8) is 0 Å². The maximum atomic E-state index is 12.4. The van der Waals surface area contributed by atoms with E-state index >= 15 is 0 Å². The number of nitrogens with zero attached hydrogens (tertiary/aromatic N) is 1. The van der Waals surface area contributed by atoms with Crippen LogP contribution in [0.25, 0.3) is 0 Å². The van der Waals surface area contributed by atoms with Gasteiger partial charge in [0, 0.05) is 30.9 Å². The molecule has 122 valence electrons. The Morgan fingerprint density at radius 2 is 2.13 bits per heavy atom. The largest absolute Gasteiger partial charge is 0.392 e. The molecule has 3 rings (SSSR count). The molecule has 2 N–H and O–H groups in total. The van der Waals surface area contributed by atoms with E-state index in [1.807, 2.05) is 41.8 Å². The van der Waals surface area contributed by atoms with Crippen LogP contribution in [0.5, 0.6) is 0 Å². The number of aliphatic hydroxyl groups excluding tert-OH is 1. The quantitative estimate of drug-likeness (QED) is 0.855. The van der Waals surface area contributed by atoms with Gasteiger partial charge in [-0.15, -0.1) is 11.3 Å². The zero-order valence-corrected chi connectivity index (χ0v) is 13.8. The molecular formula is C18H22N2O2S. The zero-order valence-electron chi connectivity index (χ0n) is 13.0. The van der Waals surface area contributed by atoms with Gasteiger partial charge in [-0.05, 0) is 23.4 Å². The fraction of sp³-hybridized carbons (Fsp3) is 0.389. The van der Waals surface area contributed by atoms with Crippen molar-refractivity contribution in [2.75, 3.05) is 19.6 Å². The smallest absolute Gasteiger partial charge is 0.222 e. The van der Waals surface area contributed by atoms with E-state index in [1.165, 1.54) is 0 Å². The van der Waals surface area contributed by atoms with Crippen LogP contribution in [-0.2, 0) is 4.79 Å². The molecule has 1 aromatic heterocycles. The number of hydrogen-bond acceptors (Lipinski definition) is 4. The van der Waals surface area contributed by atoms with Gasteiger partial charge in [-0.3, -0.25) is 4.79 Å². The maximum Gasteiger partial charge on any atom is 0.222 e. The summed E-state index contributed by atoms with van der Waals surface area (Å²) < 4.78 is 0. The van der Waals surface area contributed by atoms with Gasteiger partial charge in [0.1, 0.15) is 0 Å². The van der Waals surface area contributed by atoms with Crippen LogP contribution in [0.3, 0.4) is 0 Å².